The fourth-order valence-electron chi connectivity index (χ4n) is 6.13. The number of nitrogens with one attached hydrogen (secondary N) is 1. The minimum atomic E-state index is -0.769. The van der Waals surface area contributed by atoms with E-state index in [1.165, 1.54) is 56.4 Å². The summed E-state index contributed by atoms with van der Waals surface area (Å²) >= 11 is 1.72. The maximum Gasteiger partial charge on any atom is 0.339 e. The zero-order valence-electron chi connectivity index (χ0n) is 17.3. The molecule has 1 saturated carbocycles. The van der Waals surface area contributed by atoms with E-state index in [1.807, 2.05) is 0 Å². The van der Waals surface area contributed by atoms with E-state index in [1.54, 1.807) is 11.3 Å². The van der Waals surface area contributed by atoms with Gasteiger partial charge in [0.05, 0.1) is 5.56 Å². The molecule has 1 aliphatic carbocycles. The van der Waals surface area contributed by atoms with Crippen molar-refractivity contribution in [2.24, 2.45) is 5.92 Å². The Kier molecular flexibility index (Phi) is 5.85. The van der Waals surface area contributed by atoms with Gasteiger partial charge in [-0.15, -0.1) is 11.3 Å². The van der Waals surface area contributed by atoms with E-state index in [2.05, 4.69) is 10.2 Å². The van der Waals surface area contributed by atoms with Crippen LogP contribution in [0.4, 0.5) is 5.00 Å². The molecule has 0 spiro atoms. The molecule has 0 amide bonds. The van der Waals surface area contributed by atoms with Crippen molar-refractivity contribution in [2.75, 3.05) is 25.0 Å². The molecule has 29 heavy (non-hydrogen) atoms. The molecule has 0 aromatic carbocycles. The molecule has 1 aromatic heterocycles. The summed E-state index contributed by atoms with van der Waals surface area (Å²) in [6.45, 7) is 2.98. The number of aromatic carboxylic acids is 1. The molecule has 1 aromatic rings. The van der Waals surface area contributed by atoms with Crippen molar-refractivity contribution < 1.29 is 14.6 Å². The molecule has 5 rings (SSSR count). The highest BCUT2D eigenvalue weighted by atomic mass is 32.1. The van der Waals surface area contributed by atoms with Crippen molar-refractivity contribution in [1.29, 1.82) is 0 Å². The Morgan fingerprint density at radius 3 is 2.69 bits per heavy atom. The molecule has 4 aliphatic rings. The molecule has 3 aliphatic heterocycles. The Labute approximate surface area is 177 Å². The van der Waals surface area contributed by atoms with Crippen LogP contribution >= 0.6 is 11.3 Å². The number of carboxylic acids is 1. The lowest BCUT2D eigenvalue weighted by molar-refractivity contribution is 0.0344. The van der Waals surface area contributed by atoms with Crippen molar-refractivity contribution in [1.82, 2.24) is 4.90 Å². The zero-order valence-corrected chi connectivity index (χ0v) is 18.1. The van der Waals surface area contributed by atoms with Gasteiger partial charge in [0.15, 0.2) is 0 Å². The van der Waals surface area contributed by atoms with E-state index in [0.717, 1.165) is 55.3 Å². The van der Waals surface area contributed by atoms with Crippen LogP contribution in [0.3, 0.4) is 0 Å². The molecule has 2 saturated heterocycles. The molecular weight excluding hydrogens is 384 g/mol. The van der Waals surface area contributed by atoms with E-state index < -0.39 is 5.97 Å². The number of piperidine rings is 1. The van der Waals surface area contributed by atoms with Gasteiger partial charge in [-0.3, -0.25) is 4.90 Å². The van der Waals surface area contributed by atoms with E-state index in [-0.39, 0.29) is 6.23 Å². The molecule has 5 nitrogen and oxygen atoms in total. The number of hydrogen-bond donors (Lipinski definition) is 2. The van der Waals surface area contributed by atoms with Crippen molar-refractivity contribution >= 4 is 22.3 Å². The molecule has 4 heterocycles. The number of thiophene rings is 1. The summed E-state index contributed by atoms with van der Waals surface area (Å²) in [5, 5.41) is 14.5. The second-order valence-electron chi connectivity index (χ2n) is 9.47. The summed E-state index contributed by atoms with van der Waals surface area (Å²) in [5.74, 6) is 0.495. The van der Waals surface area contributed by atoms with Crippen LogP contribution in [0.15, 0.2) is 0 Å². The van der Waals surface area contributed by atoms with Crippen LogP contribution in [-0.4, -0.2) is 41.9 Å². The lowest BCUT2D eigenvalue weighted by Gasteiger charge is -2.43. The topological polar surface area (TPSA) is 61.8 Å². The van der Waals surface area contributed by atoms with Gasteiger partial charge in [-0.05, 0) is 68.9 Å². The Morgan fingerprint density at radius 1 is 1.10 bits per heavy atom. The number of carbonyl (C=O) groups is 1. The summed E-state index contributed by atoms with van der Waals surface area (Å²) in [4.78, 5) is 16.3. The first-order chi connectivity index (χ1) is 14.2. The van der Waals surface area contributed by atoms with E-state index >= 15 is 0 Å². The average Bonchev–Trinajstić information content (AvgIpc) is 3.37. The third-order valence-corrected chi connectivity index (χ3v) is 8.83. The maximum absolute atomic E-state index is 12.3. The van der Waals surface area contributed by atoms with E-state index in [0.29, 0.717) is 17.5 Å². The normalized spacial score (nSPS) is 32.1. The van der Waals surface area contributed by atoms with Crippen molar-refractivity contribution in [2.45, 2.75) is 88.8 Å². The van der Waals surface area contributed by atoms with Gasteiger partial charge in [0.25, 0.3) is 0 Å². The summed E-state index contributed by atoms with van der Waals surface area (Å²) in [6.07, 6.45) is 13.5. The van der Waals surface area contributed by atoms with Gasteiger partial charge < -0.3 is 15.2 Å². The van der Waals surface area contributed by atoms with Gasteiger partial charge in [-0.25, -0.2) is 4.79 Å². The summed E-state index contributed by atoms with van der Waals surface area (Å²) < 4.78 is 5.87. The van der Waals surface area contributed by atoms with Crippen LogP contribution in [0, 0.1) is 5.92 Å². The van der Waals surface area contributed by atoms with Crippen LogP contribution in [0.1, 0.15) is 103 Å². The number of nitrogens with zero attached hydrogens (tertiary/aromatic N) is 1. The zero-order chi connectivity index (χ0) is 19.8. The standard InChI is InChI=1S/C23H34N2O3S/c26-23(27)20-19-16-8-5-12-25(14-16)17(11-10-15-6-1-2-7-15)21(19)29-22(20)24-18-9-3-4-13-28-18/h15-18,24H,1-14H2,(H,26,27). The second-order valence-corrected chi connectivity index (χ2v) is 10.5. The monoisotopic (exact) mass is 418 g/mol. The van der Waals surface area contributed by atoms with Crippen molar-refractivity contribution in [3.8, 4) is 0 Å². The Hall–Kier alpha value is -1.11. The summed E-state index contributed by atoms with van der Waals surface area (Å²) in [7, 11) is 0. The lowest BCUT2D eigenvalue weighted by atomic mass is 9.80. The van der Waals surface area contributed by atoms with Gasteiger partial charge in [-0.1, -0.05) is 25.7 Å². The number of hydrogen-bond acceptors (Lipinski definition) is 5. The fourth-order valence-corrected chi connectivity index (χ4v) is 7.62. The maximum atomic E-state index is 12.3. The first-order valence-electron chi connectivity index (χ1n) is 11.7. The summed E-state index contributed by atoms with van der Waals surface area (Å²) in [6, 6.07) is 0.410. The first-order valence-corrected chi connectivity index (χ1v) is 12.5. The minimum absolute atomic E-state index is 0.0430. The van der Waals surface area contributed by atoms with Gasteiger partial charge in [0.1, 0.15) is 11.2 Å². The molecule has 2 N–H and O–H groups in total. The van der Waals surface area contributed by atoms with Crippen LogP contribution in [0.5, 0.6) is 0 Å². The van der Waals surface area contributed by atoms with Crippen LogP contribution < -0.4 is 5.32 Å². The Balaban J connectivity index is 1.45. The third kappa shape index (κ3) is 3.96. The largest absolute Gasteiger partial charge is 0.478 e. The Bertz CT molecular complexity index is 737. The highest BCUT2D eigenvalue weighted by Gasteiger charge is 2.41. The average molecular weight is 419 g/mol. The molecular formula is C23H34N2O3S. The molecule has 160 valence electrons. The SMILES string of the molecule is O=C(O)c1c(NC2CCCCO2)sc2c1C1CCCN(C1)C2CCC1CCCC1. The minimum Gasteiger partial charge on any atom is -0.478 e. The molecule has 6 heteroatoms. The van der Waals surface area contributed by atoms with Gasteiger partial charge in [-0.2, -0.15) is 0 Å². The number of ether oxygens (including phenoxy) is 1. The third-order valence-electron chi connectivity index (χ3n) is 7.59. The van der Waals surface area contributed by atoms with Crippen molar-refractivity contribution in [3.05, 3.63) is 16.0 Å². The smallest absolute Gasteiger partial charge is 0.339 e. The van der Waals surface area contributed by atoms with Crippen molar-refractivity contribution in [3.63, 3.8) is 0 Å². The van der Waals surface area contributed by atoms with Crippen LogP contribution in [0.25, 0.3) is 0 Å². The molecule has 2 bridgehead atoms. The first kappa shape index (κ1) is 19.8. The van der Waals surface area contributed by atoms with Crippen LogP contribution in [-0.2, 0) is 4.74 Å². The highest BCUT2D eigenvalue weighted by Crippen LogP contribution is 2.51. The van der Waals surface area contributed by atoms with Gasteiger partial charge in [0.2, 0.25) is 0 Å². The van der Waals surface area contributed by atoms with Gasteiger partial charge >= 0.3 is 5.97 Å². The number of fused-ring (bicyclic) bond motifs is 4. The van der Waals surface area contributed by atoms with E-state index in [4.69, 9.17) is 4.74 Å². The second kappa shape index (κ2) is 8.56. The predicted octanol–water partition coefficient (Wildman–Crippen LogP) is 5.59. The highest BCUT2D eigenvalue weighted by molar-refractivity contribution is 7.16. The quantitative estimate of drug-likeness (QED) is 0.631. The predicted molar refractivity (Wildman–Crippen MR) is 116 cm³/mol. The van der Waals surface area contributed by atoms with Gasteiger partial charge in [0, 0.05) is 24.1 Å². The molecule has 4 unspecified atom stereocenters. The van der Waals surface area contributed by atoms with Crippen LogP contribution in [0.2, 0.25) is 0 Å². The van der Waals surface area contributed by atoms with E-state index in [9.17, 15) is 9.90 Å². The molecule has 0 radical (unpaired) electrons. The Morgan fingerprint density at radius 2 is 1.93 bits per heavy atom. The molecule has 4 atom stereocenters. The number of carboxylic acid groups (broad SMARTS) is 1. The lowest BCUT2D eigenvalue weighted by Crippen LogP contribution is -2.41. The number of rotatable bonds is 6. The molecule has 3 fully saturated rings. The summed E-state index contributed by atoms with van der Waals surface area (Å²) in [5.41, 5.74) is 1.71. The number of anilines is 1. The fraction of sp³-hybridized carbons (Fsp3) is 0.783.